The van der Waals surface area contributed by atoms with Crippen molar-refractivity contribution >= 4 is 17.7 Å². The van der Waals surface area contributed by atoms with Crippen molar-refractivity contribution in [1.29, 1.82) is 0 Å². The Labute approximate surface area is 99.8 Å². The smallest absolute Gasteiger partial charge is 0.316 e. The molecule has 1 atom stereocenters. The lowest BCUT2D eigenvalue weighted by Gasteiger charge is -2.07. The SMILES string of the molecule is CC(SCCCOc1ccccc1)C(=O)O. The van der Waals surface area contributed by atoms with Gasteiger partial charge in [-0.05, 0) is 31.2 Å². The first-order valence-corrected chi connectivity index (χ1v) is 6.27. The van der Waals surface area contributed by atoms with Crippen molar-refractivity contribution in [3.8, 4) is 5.75 Å². The predicted molar refractivity (Wildman–Crippen MR) is 66.1 cm³/mol. The maximum Gasteiger partial charge on any atom is 0.316 e. The van der Waals surface area contributed by atoms with E-state index in [1.807, 2.05) is 30.3 Å². The van der Waals surface area contributed by atoms with Gasteiger partial charge in [0.15, 0.2) is 0 Å². The van der Waals surface area contributed by atoms with E-state index in [0.29, 0.717) is 6.61 Å². The molecule has 1 aromatic rings. The van der Waals surface area contributed by atoms with E-state index in [1.54, 1.807) is 6.92 Å². The van der Waals surface area contributed by atoms with Crippen molar-refractivity contribution in [1.82, 2.24) is 0 Å². The van der Waals surface area contributed by atoms with E-state index in [1.165, 1.54) is 11.8 Å². The summed E-state index contributed by atoms with van der Waals surface area (Å²) in [6, 6.07) is 9.62. The molecule has 88 valence electrons. The number of carbonyl (C=O) groups is 1. The van der Waals surface area contributed by atoms with Gasteiger partial charge in [-0.2, -0.15) is 0 Å². The molecule has 1 aromatic carbocycles. The van der Waals surface area contributed by atoms with E-state index in [2.05, 4.69) is 0 Å². The minimum atomic E-state index is -0.756. The molecule has 0 spiro atoms. The number of carboxylic acids is 1. The van der Waals surface area contributed by atoms with Crippen LogP contribution in [0.25, 0.3) is 0 Å². The van der Waals surface area contributed by atoms with E-state index in [4.69, 9.17) is 9.84 Å². The zero-order valence-corrected chi connectivity index (χ0v) is 10.1. The second kappa shape index (κ2) is 7.17. The number of aliphatic carboxylic acids is 1. The number of benzene rings is 1. The number of carboxylic acid groups (broad SMARTS) is 1. The summed E-state index contributed by atoms with van der Waals surface area (Å²) in [6.45, 7) is 2.33. The van der Waals surface area contributed by atoms with Crippen molar-refractivity contribution in [2.45, 2.75) is 18.6 Å². The molecule has 0 aliphatic carbocycles. The van der Waals surface area contributed by atoms with Gasteiger partial charge >= 0.3 is 5.97 Å². The summed E-state index contributed by atoms with van der Waals surface area (Å²) in [5.41, 5.74) is 0. The van der Waals surface area contributed by atoms with E-state index in [0.717, 1.165) is 17.9 Å². The molecule has 4 heteroatoms. The van der Waals surface area contributed by atoms with Crippen LogP contribution in [0.2, 0.25) is 0 Å². The first-order valence-electron chi connectivity index (χ1n) is 5.22. The van der Waals surface area contributed by atoms with Crippen LogP contribution in [0.4, 0.5) is 0 Å². The summed E-state index contributed by atoms with van der Waals surface area (Å²) in [5, 5.41) is 8.33. The summed E-state index contributed by atoms with van der Waals surface area (Å²) in [5.74, 6) is 0.910. The lowest BCUT2D eigenvalue weighted by atomic mass is 10.3. The number of ether oxygens (including phenoxy) is 1. The van der Waals surface area contributed by atoms with Crippen molar-refractivity contribution in [2.75, 3.05) is 12.4 Å². The molecule has 0 saturated carbocycles. The van der Waals surface area contributed by atoms with Crippen LogP contribution in [0.1, 0.15) is 13.3 Å². The number of para-hydroxylation sites is 1. The lowest BCUT2D eigenvalue weighted by Crippen LogP contribution is -2.12. The molecule has 3 nitrogen and oxygen atoms in total. The van der Waals surface area contributed by atoms with E-state index < -0.39 is 5.97 Å². The number of thioether (sulfide) groups is 1. The van der Waals surface area contributed by atoms with Gasteiger partial charge in [0.1, 0.15) is 5.75 Å². The Bertz CT molecular complexity index is 313. The van der Waals surface area contributed by atoms with Gasteiger partial charge < -0.3 is 9.84 Å². The number of hydrogen-bond acceptors (Lipinski definition) is 3. The van der Waals surface area contributed by atoms with Gasteiger partial charge in [-0.1, -0.05) is 18.2 Å². The van der Waals surface area contributed by atoms with Gasteiger partial charge in [0.2, 0.25) is 0 Å². The van der Waals surface area contributed by atoms with Gasteiger partial charge in [-0.25, -0.2) is 0 Å². The monoisotopic (exact) mass is 240 g/mol. The summed E-state index contributed by atoms with van der Waals surface area (Å²) in [4.78, 5) is 10.5. The Balaban J connectivity index is 2.07. The number of rotatable bonds is 7. The summed E-state index contributed by atoms with van der Waals surface area (Å²) in [6.07, 6.45) is 0.858. The average molecular weight is 240 g/mol. The lowest BCUT2D eigenvalue weighted by molar-refractivity contribution is -0.136. The zero-order chi connectivity index (χ0) is 11.8. The average Bonchev–Trinajstić information content (AvgIpc) is 2.29. The molecule has 0 aliphatic rings. The van der Waals surface area contributed by atoms with Gasteiger partial charge in [0.05, 0.1) is 11.9 Å². The molecule has 0 radical (unpaired) electrons. The third-order valence-electron chi connectivity index (χ3n) is 2.02. The highest BCUT2D eigenvalue weighted by Gasteiger charge is 2.09. The predicted octanol–water partition coefficient (Wildman–Crippen LogP) is 2.66. The minimum absolute atomic E-state index is 0.336. The van der Waals surface area contributed by atoms with Gasteiger partial charge in [-0.15, -0.1) is 11.8 Å². The van der Waals surface area contributed by atoms with Crippen LogP contribution in [0, 0.1) is 0 Å². The maximum absolute atomic E-state index is 10.5. The fourth-order valence-electron chi connectivity index (χ4n) is 1.10. The molecule has 0 heterocycles. The quantitative estimate of drug-likeness (QED) is 0.744. The van der Waals surface area contributed by atoms with Crippen molar-refractivity contribution in [3.05, 3.63) is 30.3 Å². The Morgan fingerprint density at radius 1 is 1.44 bits per heavy atom. The van der Waals surface area contributed by atoms with Crippen LogP contribution in [0.15, 0.2) is 30.3 Å². The summed E-state index contributed by atoms with van der Waals surface area (Å²) >= 11 is 1.44. The molecular weight excluding hydrogens is 224 g/mol. The molecule has 1 N–H and O–H groups in total. The summed E-state index contributed by atoms with van der Waals surface area (Å²) in [7, 11) is 0. The molecule has 0 aromatic heterocycles. The molecule has 0 amide bonds. The van der Waals surface area contributed by atoms with Gasteiger partial charge in [0.25, 0.3) is 0 Å². The van der Waals surface area contributed by atoms with Crippen LogP contribution in [-0.2, 0) is 4.79 Å². The highest BCUT2D eigenvalue weighted by atomic mass is 32.2. The second-order valence-corrected chi connectivity index (χ2v) is 4.82. The molecule has 1 rings (SSSR count). The van der Waals surface area contributed by atoms with Crippen molar-refractivity contribution < 1.29 is 14.6 Å². The van der Waals surface area contributed by atoms with Crippen molar-refractivity contribution in [3.63, 3.8) is 0 Å². The molecular formula is C12H16O3S. The first-order chi connectivity index (χ1) is 7.70. The Morgan fingerprint density at radius 3 is 2.75 bits per heavy atom. The molecule has 16 heavy (non-hydrogen) atoms. The topological polar surface area (TPSA) is 46.5 Å². The highest BCUT2D eigenvalue weighted by Crippen LogP contribution is 2.13. The normalized spacial score (nSPS) is 12.1. The fourth-order valence-corrected chi connectivity index (χ4v) is 1.88. The first kappa shape index (κ1) is 12.9. The molecule has 0 bridgehead atoms. The van der Waals surface area contributed by atoms with Crippen LogP contribution in [0.3, 0.4) is 0 Å². The van der Waals surface area contributed by atoms with E-state index in [9.17, 15) is 4.79 Å². The third kappa shape index (κ3) is 5.07. The standard InChI is InChI=1S/C12H16O3S/c1-10(12(13)14)16-9-5-8-15-11-6-3-2-4-7-11/h2-4,6-7,10H,5,8-9H2,1H3,(H,13,14). The molecule has 0 aliphatic heterocycles. The Kier molecular flexibility index (Phi) is 5.78. The maximum atomic E-state index is 10.5. The molecule has 0 saturated heterocycles. The Morgan fingerprint density at radius 2 is 2.12 bits per heavy atom. The fraction of sp³-hybridized carbons (Fsp3) is 0.417. The summed E-state index contributed by atoms with van der Waals surface area (Å²) < 4.78 is 5.49. The largest absolute Gasteiger partial charge is 0.494 e. The highest BCUT2D eigenvalue weighted by molar-refractivity contribution is 8.00. The van der Waals surface area contributed by atoms with Crippen molar-refractivity contribution in [2.24, 2.45) is 0 Å². The zero-order valence-electron chi connectivity index (χ0n) is 9.26. The molecule has 0 fully saturated rings. The van der Waals surface area contributed by atoms with E-state index >= 15 is 0 Å². The van der Waals surface area contributed by atoms with Gasteiger partial charge in [0, 0.05) is 0 Å². The Hall–Kier alpha value is -1.16. The minimum Gasteiger partial charge on any atom is -0.494 e. The van der Waals surface area contributed by atoms with E-state index in [-0.39, 0.29) is 5.25 Å². The van der Waals surface area contributed by atoms with Crippen LogP contribution >= 0.6 is 11.8 Å². The van der Waals surface area contributed by atoms with Crippen LogP contribution in [-0.4, -0.2) is 28.7 Å². The second-order valence-electron chi connectivity index (χ2n) is 3.37. The number of hydrogen-bond donors (Lipinski definition) is 1. The van der Waals surface area contributed by atoms with Crippen LogP contribution in [0.5, 0.6) is 5.75 Å². The van der Waals surface area contributed by atoms with Crippen LogP contribution < -0.4 is 4.74 Å². The van der Waals surface area contributed by atoms with Gasteiger partial charge in [-0.3, -0.25) is 4.79 Å². The molecule has 1 unspecified atom stereocenters. The third-order valence-corrected chi connectivity index (χ3v) is 3.24.